The van der Waals surface area contributed by atoms with Crippen LogP contribution in [0, 0.1) is 17.5 Å². The van der Waals surface area contributed by atoms with E-state index in [1.54, 1.807) is 0 Å². The second-order valence-electron chi connectivity index (χ2n) is 3.84. The highest BCUT2D eigenvalue weighted by atomic mass is 79.9. The predicted octanol–water partition coefficient (Wildman–Crippen LogP) is 3.67. The molecule has 0 saturated heterocycles. The van der Waals surface area contributed by atoms with Crippen molar-refractivity contribution in [3.05, 3.63) is 58.3 Å². The molecule has 2 aromatic carbocycles. The number of hydrogen-bond acceptors (Lipinski definition) is 2. The van der Waals surface area contributed by atoms with Gasteiger partial charge in [-0.2, -0.15) is 0 Å². The molecule has 0 atom stereocenters. The van der Waals surface area contributed by atoms with Crippen LogP contribution in [0.1, 0.15) is 0 Å². The van der Waals surface area contributed by atoms with E-state index in [0.29, 0.717) is 18.2 Å². The van der Waals surface area contributed by atoms with Crippen LogP contribution in [-0.4, -0.2) is 8.42 Å². The summed E-state index contributed by atoms with van der Waals surface area (Å²) in [6.45, 7) is 0. The number of rotatable bonds is 3. The second-order valence-corrected chi connectivity index (χ2v) is 6.38. The molecule has 0 saturated carbocycles. The number of hydrogen-bond donors (Lipinski definition) is 1. The van der Waals surface area contributed by atoms with Crippen molar-refractivity contribution in [2.75, 3.05) is 4.72 Å². The summed E-state index contributed by atoms with van der Waals surface area (Å²) in [7, 11) is -4.20. The summed E-state index contributed by atoms with van der Waals surface area (Å²) in [6, 6.07) is 5.44. The molecule has 0 aliphatic carbocycles. The summed E-state index contributed by atoms with van der Waals surface area (Å²) in [5.74, 6) is -2.71. The fourth-order valence-corrected chi connectivity index (χ4v) is 2.79. The molecule has 0 bridgehead atoms. The van der Waals surface area contributed by atoms with Crippen LogP contribution in [0.5, 0.6) is 0 Å². The van der Waals surface area contributed by atoms with Crippen molar-refractivity contribution in [3.8, 4) is 0 Å². The lowest BCUT2D eigenvalue weighted by atomic mass is 10.3. The zero-order valence-corrected chi connectivity index (χ0v) is 12.1. The molecule has 0 aliphatic rings. The van der Waals surface area contributed by atoms with Crippen molar-refractivity contribution in [2.45, 2.75) is 4.90 Å². The van der Waals surface area contributed by atoms with Gasteiger partial charge in [-0.1, -0.05) is 0 Å². The maximum Gasteiger partial charge on any atom is 0.262 e. The molecule has 0 aliphatic heterocycles. The largest absolute Gasteiger partial charge is 0.280 e. The number of nitrogens with one attached hydrogen (secondary N) is 1. The van der Waals surface area contributed by atoms with E-state index < -0.39 is 32.4 Å². The van der Waals surface area contributed by atoms with Crippen LogP contribution in [0.15, 0.2) is 45.8 Å². The molecule has 20 heavy (non-hydrogen) atoms. The molecule has 0 amide bonds. The van der Waals surface area contributed by atoms with Gasteiger partial charge >= 0.3 is 0 Å². The van der Waals surface area contributed by atoms with Gasteiger partial charge in [0.1, 0.15) is 17.5 Å². The van der Waals surface area contributed by atoms with Crippen molar-refractivity contribution in [3.63, 3.8) is 0 Å². The van der Waals surface area contributed by atoms with Gasteiger partial charge in [0.2, 0.25) is 0 Å². The molecule has 0 unspecified atom stereocenters. The van der Waals surface area contributed by atoms with Crippen molar-refractivity contribution in [2.24, 2.45) is 0 Å². The Morgan fingerprint density at radius 1 is 0.950 bits per heavy atom. The molecule has 2 aromatic rings. The highest BCUT2D eigenvalue weighted by Crippen LogP contribution is 2.22. The fraction of sp³-hybridized carbons (Fsp3) is 0. The summed E-state index contributed by atoms with van der Waals surface area (Å²) in [4.78, 5) is -0.585. The standard InChI is InChI=1S/C12H7BrF3NO2S/c13-11-2-1-9(6-12(11)16)17-20(18,19)10-4-7(14)3-8(15)5-10/h1-6,17H. The van der Waals surface area contributed by atoms with Gasteiger partial charge in [-0.3, -0.25) is 4.72 Å². The molecule has 0 fully saturated rings. The summed E-state index contributed by atoms with van der Waals surface area (Å²) in [5.41, 5.74) is -0.0598. The molecule has 0 heterocycles. The monoisotopic (exact) mass is 365 g/mol. The first-order valence-corrected chi connectivity index (χ1v) is 7.49. The first-order chi connectivity index (χ1) is 9.28. The van der Waals surface area contributed by atoms with E-state index in [0.717, 1.165) is 6.07 Å². The number of sulfonamides is 1. The molecular weight excluding hydrogens is 359 g/mol. The van der Waals surface area contributed by atoms with Gasteiger partial charge in [-0.15, -0.1) is 0 Å². The highest BCUT2D eigenvalue weighted by molar-refractivity contribution is 9.10. The van der Waals surface area contributed by atoms with Crippen LogP contribution in [0.3, 0.4) is 0 Å². The van der Waals surface area contributed by atoms with Crippen molar-refractivity contribution >= 4 is 31.6 Å². The highest BCUT2D eigenvalue weighted by Gasteiger charge is 2.17. The fourth-order valence-electron chi connectivity index (χ4n) is 1.46. The molecule has 3 nitrogen and oxygen atoms in total. The average molecular weight is 366 g/mol. The van der Waals surface area contributed by atoms with E-state index in [-0.39, 0.29) is 10.2 Å². The maximum absolute atomic E-state index is 13.3. The lowest BCUT2D eigenvalue weighted by Gasteiger charge is -2.09. The lowest BCUT2D eigenvalue weighted by molar-refractivity contribution is 0.568. The van der Waals surface area contributed by atoms with E-state index in [2.05, 4.69) is 15.9 Å². The zero-order chi connectivity index (χ0) is 14.9. The smallest absolute Gasteiger partial charge is 0.262 e. The Balaban J connectivity index is 2.37. The Hall–Kier alpha value is -1.54. The quantitative estimate of drug-likeness (QED) is 0.901. The average Bonchev–Trinajstić information content (AvgIpc) is 2.32. The second kappa shape index (κ2) is 5.45. The maximum atomic E-state index is 13.3. The zero-order valence-electron chi connectivity index (χ0n) is 9.70. The van der Waals surface area contributed by atoms with Crippen molar-refractivity contribution in [1.29, 1.82) is 0 Å². The van der Waals surface area contributed by atoms with Gasteiger partial charge in [-0.25, -0.2) is 21.6 Å². The van der Waals surface area contributed by atoms with E-state index in [1.807, 2.05) is 4.72 Å². The molecule has 0 radical (unpaired) electrons. The van der Waals surface area contributed by atoms with E-state index in [4.69, 9.17) is 0 Å². The van der Waals surface area contributed by atoms with Gasteiger partial charge in [-0.05, 0) is 46.3 Å². The van der Waals surface area contributed by atoms with Crippen LogP contribution < -0.4 is 4.72 Å². The third kappa shape index (κ3) is 3.31. The van der Waals surface area contributed by atoms with E-state index >= 15 is 0 Å². The summed E-state index contributed by atoms with van der Waals surface area (Å²) >= 11 is 2.92. The first-order valence-electron chi connectivity index (χ1n) is 5.22. The molecule has 8 heteroatoms. The SMILES string of the molecule is O=S(=O)(Nc1ccc(Br)c(F)c1)c1cc(F)cc(F)c1. The number of halogens is 4. The Bertz CT molecular complexity index is 745. The third-order valence-corrected chi connectivity index (χ3v) is 4.32. The Morgan fingerprint density at radius 3 is 2.10 bits per heavy atom. The normalized spacial score (nSPS) is 11.4. The number of anilines is 1. The molecule has 0 aromatic heterocycles. The van der Waals surface area contributed by atoms with Crippen molar-refractivity contribution < 1.29 is 21.6 Å². The van der Waals surface area contributed by atoms with Crippen LogP contribution in [-0.2, 0) is 10.0 Å². The minimum Gasteiger partial charge on any atom is -0.280 e. The van der Waals surface area contributed by atoms with E-state index in [1.165, 1.54) is 12.1 Å². The van der Waals surface area contributed by atoms with Gasteiger partial charge in [0.05, 0.1) is 15.1 Å². The van der Waals surface area contributed by atoms with Crippen LogP contribution >= 0.6 is 15.9 Å². The van der Waals surface area contributed by atoms with Crippen LogP contribution in [0.2, 0.25) is 0 Å². The third-order valence-electron chi connectivity index (χ3n) is 2.32. The predicted molar refractivity (Wildman–Crippen MR) is 71.3 cm³/mol. The van der Waals surface area contributed by atoms with Gasteiger partial charge in [0.15, 0.2) is 0 Å². The Kier molecular flexibility index (Phi) is 4.05. The first kappa shape index (κ1) is 14.9. The summed E-state index contributed by atoms with van der Waals surface area (Å²) in [5, 5.41) is 0. The Labute approximate surface area is 121 Å². The van der Waals surface area contributed by atoms with Gasteiger partial charge in [0, 0.05) is 6.07 Å². The topological polar surface area (TPSA) is 46.2 Å². The van der Waals surface area contributed by atoms with Gasteiger partial charge < -0.3 is 0 Å². The van der Waals surface area contributed by atoms with Crippen molar-refractivity contribution in [1.82, 2.24) is 0 Å². The minimum atomic E-state index is -4.20. The molecule has 2 rings (SSSR count). The summed E-state index contributed by atoms with van der Waals surface area (Å²) < 4.78 is 65.4. The summed E-state index contributed by atoms with van der Waals surface area (Å²) in [6.07, 6.45) is 0. The minimum absolute atomic E-state index is 0.0598. The molecule has 106 valence electrons. The number of benzene rings is 2. The molecular formula is C12H7BrF3NO2S. The van der Waals surface area contributed by atoms with Crippen LogP contribution in [0.4, 0.5) is 18.9 Å². The molecule has 0 spiro atoms. The van der Waals surface area contributed by atoms with Gasteiger partial charge in [0.25, 0.3) is 10.0 Å². The van der Waals surface area contributed by atoms with Crippen LogP contribution in [0.25, 0.3) is 0 Å². The lowest BCUT2D eigenvalue weighted by Crippen LogP contribution is -2.13. The Morgan fingerprint density at radius 2 is 1.55 bits per heavy atom. The van der Waals surface area contributed by atoms with E-state index in [9.17, 15) is 21.6 Å². The molecule has 1 N–H and O–H groups in total.